The Labute approximate surface area is 122 Å². The molecule has 110 valence electrons. The minimum absolute atomic E-state index is 0.126. The second kappa shape index (κ2) is 5.92. The molecule has 0 fully saturated rings. The average molecular weight is 306 g/mol. The van der Waals surface area contributed by atoms with Gasteiger partial charge in [0.25, 0.3) is 5.56 Å². The summed E-state index contributed by atoms with van der Waals surface area (Å²) in [5.74, 6) is 0.303. The van der Waals surface area contributed by atoms with Crippen molar-refractivity contribution in [3.8, 4) is 5.75 Å². The first-order valence-electron chi connectivity index (χ1n) is 6.02. The highest BCUT2D eigenvalue weighted by atomic mass is 32.2. The molecule has 6 nitrogen and oxygen atoms in total. The van der Waals surface area contributed by atoms with Crippen LogP contribution in [0.2, 0.25) is 0 Å². The number of hydrogen-bond donors (Lipinski definition) is 1. The first kappa shape index (κ1) is 15.0. The maximum Gasteiger partial charge on any atom is 0.264 e. The molecule has 0 radical (unpaired) electrons. The van der Waals surface area contributed by atoms with Gasteiger partial charge in [0.2, 0.25) is 0 Å². The third-order valence-corrected chi connectivity index (χ3v) is 3.85. The van der Waals surface area contributed by atoms with E-state index in [0.717, 1.165) is 6.26 Å². The zero-order valence-electron chi connectivity index (χ0n) is 11.5. The van der Waals surface area contributed by atoms with E-state index in [2.05, 4.69) is 10.2 Å². The van der Waals surface area contributed by atoms with Crippen molar-refractivity contribution in [3.63, 3.8) is 0 Å². The number of benzene rings is 1. The van der Waals surface area contributed by atoms with Crippen LogP contribution in [0.3, 0.4) is 0 Å². The summed E-state index contributed by atoms with van der Waals surface area (Å²) in [5.41, 5.74) is 0.964. The fourth-order valence-electron chi connectivity index (χ4n) is 1.72. The van der Waals surface area contributed by atoms with Crippen LogP contribution >= 0.6 is 0 Å². The molecule has 0 aliphatic rings. The zero-order valence-corrected chi connectivity index (χ0v) is 12.3. The molecule has 0 unspecified atom stereocenters. The zero-order chi connectivity index (χ0) is 15.5. The number of hydrogen-bond acceptors (Lipinski definition) is 5. The Morgan fingerprint density at radius 1 is 1.19 bits per heavy atom. The van der Waals surface area contributed by atoms with E-state index in [9.17, 15) is 13.2 Å². The van der Waals surface area contributed by atoms with Gasteiger partial charge in [-0.25, -0.2) is 13.5 Å². The molecule has 1 aromatic heterocycles. The first-order valence-corrected chi connectivity index (χ1v) is 7.91. The van der Waals surface area contributed by atoms with Gasteiger partial charge in [-0.15, -0.1) is 0 Å². The summed E-state index contributed by atoms with van der Waals surface area (Å²) in [6, 6.07) is 7.78. The Morgan fingerprint density at radius 2 is 1.95 bits per heavy atom. The molecule has 0 saturated heterocycles. The van der Waals surface area contributed by atoms with Crippen LogP contribution in [-0.2, 0) is 9.84 Å². The fraction of sp³-hybridized carbons (Fsp3) is 0.143. The fourth-order valence-corrected chi connectivity index (χ4v) is 2.58. The van der Waals surface area contributed by atoms with E-state index >= 15 is 0 Å². The van der Waals surface area contributed by atoms with Gasteiger partial charge in [-0.2, -0.15) is 5.10 Å². The molecular weight excluding hydrogens is 292 g/mol. The molecule has 2 rings (SSSR count). The highest BCUT2D eigenvalue weighted by Gasteiger charge is 2.14. The van der Waals surface area contributed by atoms with Crippen molar-refractivity contribution >= 4 is 22.0 Å². The number of rotatable bonds is 4. The third-order valence-electron chi connectivity index (χ3n) is 2.73. The third kappa shape index (κ3) is 3.79. The van der Waals surface area contributed by atoms with Crippen LogP contribution in [0.25, 0.3) is 12.2 Å². The maximum atomic E-state index is 11.7. The number of H-pyrrole nitrogens is 1. The van der Waals surface area contributed by atoms with Crippen LogP contribution in [0.5, 0.6) is 5.75 Å². The van der Waals surface area contributed by atoms with Gasteiger partial charge in [0, 0.05) is 12.3 Å². The van der Waals surface area contributed by atoms with Crippen molar-refractivity contribution in [1.82, 2.24) is 10.2 Å². The van der Waals surface area contributed by atoms with E-state index in [0.29, 0.717) is 17.0 Å². The van der Waals surface area contributed by atoms with Gasteiger partial charge < -0.3 is 4.74 Å². The molecular formula is C14H14N2O4S. The molecule has 21 heavy (non-hydrogen) atoms. The number of nitrogens with zero attached hydrogens (tertiary/aromatic N) is 1. The molecule has 0 spiro atoms. The first-order chi connectivity index (χ1) is 9.90. The molecule has 0 aliphatic carbocycles. The van der Waals surface area contributed by atoms with E-state index in [4.69, 9.17) is 4.74 Å². The van der Waals surface area contributed by atoms with Gasteiger partial charge in [0.1, 0.15) is 10.6 Å². The minimum Gasteiger partial charge on any atom is -0.495 e. The normalized spacial score (nSPS) is 11.7. The molecule has 1 N–H and O–H groups in total. The Kier molecular flexibility index (Phi) is 4.23. The summed E-state index contributed by atoms with van der Waals surface area (Å²) in [6.45, 7) is 0. The summed E-state index contributed by atoms with van der Waals surface area (Å²) in [6.07, 6.45) is 4.50. The standard InChI is InChI=1S/C14H14N2O4S/c1-20-12-7-4-10(9-13(12)21(2,18)19)3-5-11-6-8-14(17)16-15-11/h3-9H,1-2H3,(H,16,17)/b5-3+. The van der Waals surface area contributed by atoms with Crippen LogP contribution in [-0.4, -0.2) is 32.0 Å². The lowest BCUT2D eigenvalue weighted by molar-refractivity contribution is 0.403. The van der Waals surface area contributed by atoms with Crippen molar-refractivity contribution in [1.29, 1.82) is 0 Å². The summed E-state index contributed by atoms with van der Waals surface area (Å²) in [7, 11) is -1.96. The van der Waals surface area contributed by atoms with Crippen LogP contribution in [0, 0.1) is 0 Å². The second-order valence-corrected chi connectivity index (χ2v) is 6.35. The Morgan fingerprint density at radius 3 is 2.52 bits per heavy atom. The number of sulfone groups is 1. The lowest BCUT2D eigenvalue weighted by Gasteiger charge is -2.07. The van der Waals surface area contributed by atoms with Crippen LogP contribution in [0.4, 0.5) is 0 Å². The molecule has 0 saturated carbocycles. The number of aromatic nitrogens is 2. The lowest BCUT2D eigenvalue weighted by atomic mass is 10.2. The average Bonchev–Trinajstić information content (AvgIpc) is 2.45. The Hall–Kier alpha value is -2.41. The number of nitrogens with one attached hydrogen (secondary N) is 1. The van der Waals surface area contributed by atoms with Crippen LogP contribution < -0.4 is 10.3 Å². The molecule has 0 bridgehead atoms. The summed E-state index contributed by atoms with van der Waals surface area (Å²) >= 11 is 0. The lowest BCUT2D eigenvalue weighted by Crippen LogP contribution is -2.05. The quantitative estimate of drug-likeness (QED) is 0.921. The second-order valence-electron chi connectivity index (χ2n) is 4.36. The predicted octanol–water partition coefficient (Wildman–Crippen LogP) is 1.35. The predicted molar refractivity (Wildman–Crippen MR) is 79.9 cm³/mol. The molecule has 0 amide bonds. The van der Waals surface area contributed by atoms with Gasteiger partial charge in [-0.3, -0.25) is 4.79 Å². The molecule has 2 aromatic rings. The number of methoxy groups -OCH3 is 1. The smallest absolute Gasteiger partial charge is 0.264 e. The van der Waals surface area contributed by atoms with Crippen molar-refractivity contribution in [2.24, 2.45) is 0 Å². The van der Waals surface area contributed by atoms with E-state index < -0.39 is 9.84 Å². The number of aromatic amines is 1. The Bertz CT molecular complexity index is 818. The van der Waals surface area contributed by atoms with Crippen molar-refractivity contribution < 1.29 is 13.2 Å². The topological polar surface area (TPSA) is 89.1 Å². The largest absolute Gasteiger partial charge is 0.495 e. The van der Waals surface area contributed by atoms with Crippen molar-refractivity contribution in [3.05, 3.63) is 51.9 Å². The highest BCUT2D eigenvalue weighted by Crippen LogP contribution is 2.25. The van der Waals surface area contributed by atoms with Crippen molar-refractivity contribution in [2.45, 2.75) is 4.90 Å². The van der Waals surface area contributed by atoms with Gasteiger partial charge in [0.05, 0.1) is 12.8 Å². The minimum atomic E-state index is -3.38. The van der Waals surface area contributed by atoms with Crippen LogP contribution in [0.15, 0.2) is 40.0 Å². The molecule has 7 heteroatoms. The summed E-state index contributed by atoms with van der Waals surface area (Å²) in [4.78, 5) is 11.0. The summed E-state index contributed by atoms with van der Waals surface area (Å²) < 4.78 is 28.5. The SMILES string of the molecule is COc1ccc(/C=C/c2ccc(=O)[nH]n2)cc1S(C)(=O)=O. The van der Waals surface area contributed by atoms with Crippen LogP contribution in [0.1, 0.15) is 11.3 Å². The van der Waals surface area contributed by atoms with E-state index in [1.165, 1.54) is 19.2 Å². The molecule has 1 aromatic carbocycles. The number of ether oxygens (including phenoxy) is 1. The van der Waals surface area contributed by atoms with Gasteiger partial charge >= 0.3 is 0 Å². The highest BCUT2D eigenvalue weighted by molar-refractivity contribution is 7.90. The Balaban J connectivity index is 2.37. The summed E-state index contributed by atoms with van der Waals surface area (Å²) in [5, 5.41) is 6.15. The molecule has 0 atom stereocenters. The van der Waals surface area contributed by atoms with Gasteiger partial charge in [0.15, 0.2) is 9.84 Å². The maximum absolute atomic E-state index is 11.7. The van der Waals surface area contributed by atoms with Gasteiger partial charge in [-0.1, -0.05) is 12.1 Å². The van der Waals surface area contributed by atoms with E-state index in [1.807, 2.05) is 0 Å². The monoisotopic (exact) mass is 306 g/mol. The van der Waals surface area contributed by atoms with E-state index in [1.54, 1.807) is 30.4 Å². The molecule has 1 heterocycles. The van der Waals surface area contributed by atoms with Crippen molar-refractivity contribution in [2.75, 3.05) is 13.4 Å². The molecule has 0 aliphatic heterocycles. The van der Waals surface area contributed by atoms with E-state index in [-0.39, 0.29) is 10.5 Å². The van der Waals surface area contributed by atoms with Gasteiger partial charge in [-0.05, 0) is 29.8 Å².